The smallest absolute Gasteiger partial charge is 0.225 e. The summed E-state index contributed by atoms with van der Waals surface area (Å²) in [6.45, 7) is 12.3. The van der Waals surface area contributed by atoms with Crippen LogP contribution >= 0.6 is 0 Å². The van der Waals surface area contributed by atoms with Crippen molar-refractivity contribution in [3.8, 4) is 0 Å². The van der Waals surface area contributed by atoms with Crippen molar-refractivity contribution in [1.29, 1.82) is 0 Å². The van der Waals surface area contributed by atoms with Gasteiger partial charge in [0.15, 0.2) is 0 Å². The molecule has 206 valence electrons. The molecule has 3 aromatic carbocycles. The van der Waals surface area contributed by atoms with Crippen molar-refractivity contribution in [3.63, 3.8) is 0 Å². The highest BCUT2D eigenvalue weighted by Gasteiger charge is 2.19. The van der Waals surface area contributed by atoms with Gasteiger partial charge in [0.05, 0.1) is 11.7 Å². The quantitative estimate of drug-likeness (QED) is 0.202. The minimum Gasteiger partial charge on any atom is -0.359 e. The van der Waals surface area contributed by atoms with Gasteiger partial charge in [-0.05, 0) is 74.4 Å². The van der Waals surface area contributed by atoms with Crippen LogP contribution in [0.5, 0.6) is 0 Å². The maximum Gasteiger partial charge on any atom is 0.225 e. The van der Waals surface area contributed by atoms with Gasteiger partial charge in [-0.3, -0.25) is 0 Å². The summed E-state index contributed by atoms with van der Waals surface area (Å²) < 4.78 is 0. The third-order valence-electron chi connectivity index (χ3n) is 6.91. The molecule has 5 heteroatoms. The molecule has 40 heavy (non-hydrogen) atoms. The summed E-state index contributed by atoms with van der Waals surface area (Å²) in [6.07, 6.45) is 8.01. The van der Waals surface area contributed by atoms with Crippen LogP contribution in [0, 0.1) is 6.92 Å². The SMILES string of the molecule is C=CN(c1ccnc(N[C@@H](C)c2ccccc2)n1)c1cc(NC(CCc2ccccc2)=C2CC2)ccc1C.CC. The van der Waals surface area contributed by atoms with E-state index in [0.29, 0.717) is 5.95 Å². The van der Waals surface area contributed by atoms with Crippen molar-refractivity contribution in [3.05, 3.63) is 132 Å². The van der Waals surface area contributed by atoms with Crippen molar-refractivity contribution >= 4 is 23.1 Å². The van der Waals surface area contributed by atoms with E-state index in [1.54, 1.807) is 6.20 Å². The number of hydrogen-bond donors (Lipinski definition) is 2. The van der Waals surface area contributed by atoms with Gasteiger partial charge in [0.1, 0.15) is 5.82 Å². The minimum absolute atomic E-state index is 0.0858. The summed E-state index contributed by atoms with van der Waals surface area (Å²) in [7, 11) is 0. The number of nitrogens with one attached hydrogen (secondary N) is 2. The van der Waals surface area contributed by atoms with Gasteiger partial charge < -0.3 is 15.5 Å². The van der Waals surface area contributed by atoms with Gasteiger partial charge in [0, 0.05) is 23.8 Å². The Bertz CT molecular complexity index is 1410. The fourth-order valence-electron chi connectivity index (χ4n) is 4.61. The summed E-state index contributed by atoms with van der Waals surface area (Å²) >= 11 is 0. The summed E-state index contributed by atoms with van der Waals surface area (Å²) in [5.74, 6) is 1.35. The average Bonchev–Trinajstić information content (AvgIpc) is 3.85. The van der Waals surface area contributed by atoms with Gasteiger partial charge in [-0.2, -0.15) is 4.98 Å². The van der Waals surface area contributed by atoms with Crippen LogP contribution in [0.4, 0.5) is 23.1 Å². The molecule has 1 aromatic heterocycles. The maximum absolute atomic E-state index is 4.82. The highest BCUT2D eigenvalue weighted by molar-refractivity contribution is 5.71. The lowest BCUT2D eigenvalue weighted by Crippen LogP contribution is -2.14. The zero-order valence-corrected chi connectivity index (χ0v) is 24.2. The molecule has 0 amide bonds. The molecular weight excluding hydrogens is 490 g/mol. The highest BCUT2D eigenvalue weighted by atomic mass is 15.2. The van der Waals surface area contributed by atoms with Gasteiger partial charge in [-0.15, -0.1) is 0 Å². The normalized spacial score (nSPS) is 12.4. The monoisotopic (exact) mass is 531 g/mol. The van der Waals surface area contributed by atoms with Gasteiger partial charge >= 0.3 is 0 Å². The Kier molecular flexibility index (Phi) is 10.1. The maximum atomic E-state index is 4.82. The van der Waals surface area contributed by atoms with Crippen LogP contribution in [0.3, 0.4) is 0 Å². The van der Waals surface area contributed by atoms with Crippen molar-refractivity contribution in [1.82, 2.24) is 9.97 Å². The lowest BCUT2D eigenvalue weighted by molar-refractivity contribution is 0.859. The van der Waals surface area contributed by atoms with Crippen molar-refractivity contribution in [2.45, 2.75) is 59.4 Å². The Hall–Kier alpha value is -4.38. The Labute approximate surface area is 239 Å². The summed E-state index contributed by atoms with van der Waals surface area (Å²) in [5.41, 5.74) is 8.68. The first-order chi connectivity index (χ1) is 19.6. The Morgan fingerprint density at radius 2 is 1.68 bits per heavy atom. The van der Waals surface area contributed by atoms with E-state index >= 15 is 0 Å². The summed E-state index contributed by atoms with van der Waals surface area (Å²) in [5, 5.41) is 7.16. The van der Waals surface area contributed by atoms with Crippen molar-refractivity contribution in [2.75, 3.05) is 15.5 Å². The van der Waals surface area contributed by atoms with Crippen LogP contribution in [0.25, 0.3) is 0 Å². The van der Waals surface area contributed by atoms with E-state index in [1.165, 1.54) is 35.2 Å². The number of aromatic nitrogens is 2. The Morgan fingerprint density at radius 1 is 0.975 bits per heavy atom. The van der Waals surface area contributed by atoms with E-state index in [1.807, 2.05) is 49.2 Å². The molecule has 2 N–H and O–H groups in total. The van der Waals surface area contributed by atoms with E-state index in [4.69, 9.17) is 4.98 Å². The lowest BCUT2D eigenvalue weighted by Gasteiger charge is -2.23. The predicted molar refractivity (Wildman–Crippen MR) is 170 cm³/mol. The lowest BCUT2D eigenvalue weighted by atomic mass is 10.1. The topological polar surface area (TPSA) is 53.1 Å². The number of rotatable bonds is 11. The van der Waals surface area contributed by atoms with Crippen molar-refractivity contribution < 1.29 is 0 Å². The van der Waals surface area contributed by atoms with Crippen LogP contribution in [0.1, 0.15) is 62.8 Å². The molecule has 0 aliphatic heterocycles. The summed E-state index contributed by atoms with van der Waals surface area (Å²) in [6, 6.07) is 29.5. The third kappa shape index (κ3) is 7.60. The molecular formula is C35H41N5. The van der Waals surface area contributed by atoms with Gasteiger partial charge in [0.2, 0.25) is 5.95 Å². The molecule has 1 atom stereocenters. The molecule has 0 unspecified atom stereocenters. The molecule has 1 aliphatic carbocycles. The number of hydrogen-bond acceptors (Lipinski definition) is 5. The molecule has 5 nitrogen and oxygen atoms in total. The molecule has 1 heterocycles. The van der Waals surface area contributed by atoms with Crippen LogP contribution in [0.2, 0.25) is 0 Å². The zero-order valence-electron chi connectivity index (χ0n) is 24.2. The number of anilines is 4. The first-order valence-electron chi connectivity index (χ1n) is 14.3. The van der Waals surface area contributed by atoms with Crippen LogP contribution in [0.15, 0.2) is 115 Å². The molecule has 4 aromatic rings. The van der Waals surface area contributed by atoms with Gasteiger partial charge in [-0.1, -0.05) is 92.7 Å². The molecule has 0 radical (unpaired) electrons. The van der Waals surface area contributed by atoms with E-state index in [-0.39, 0.29) is 6.04 Å². The second kappa shape index (κ2) is 14.1. The number of allylic oxidation sites excluding steroid dienone is 2. The first kappa shape index (κ1) is 28.6. The predicted octanol–water partition coefficient (Wildman–Crippen LogP) is 9.36. The average molecular weight is 532 g/mol. The summed E-state index contributed by atoms with van der Waals surface area (Å²) in [4.78, 5) is 11.3. The van der Waals surface area contributed by atoms with Crippen molar-refractivity contribution in [2.24, 2.45) is 0 Å². The minimum atomic E-state index is 0.0858. The van der Waals surface area contributed by atoms with E-state index in [9.17, 15) is 0 Å². The molecule has 1 aliphatic rings. The molecule has 0 spiro atoms. The fourth-order valence-corrected chi connectivity index (χ4v) is 4.61. The van der Waals surface area contributed by atoms with E-state index in [0.717, 1.165) is 35.6 Å². The number of aryl methyl sites for hydroxylation is 2. The third-order valence-corrected chi connectivity index (χ3v) is 6.91. The number of nitrogens with zero attached hydrogens (tertiary/aromatic N) is 3. The Morgan fingerprint density at radius 3 is 2.35 bits per heavy atom. The Balaban J connectivity index is 0.00000181. The molecule has 5 rings (SSSR count). The van der Waals surface area contributed by atoms with E-state index < -0.39 is 0 Å². The first-order valence-corrected chi connectivity index (χ1v) is 14.3. The zero-order chi connectivity index (χ0) is 28.3. The standard InChI is InChI=1S/C33H35N5.C2H6/c1-4-38(32-21-22-34-33(37-32)35-25(3)27-13-9-6-10-14-27)31-23-29(19-15-24(31)2)36-30(28-17-18-28)20-16-26-11-7-5-8-12-26;1-2/h4-15,19,21-23,25,36H,1,16-18,20H2,2-3H3,(H,34,35,37);1-2H3/t25-;/m0./s1. The second-order valence-electron chi connectivity index (χ2n) is 9.76. The van der Waals surface area contributed by atoms with E-state index in [2.05, 4.69) is 96.7 Å². The van der Waals surface area contributed by atoms with Crippen LogP contribution in [-0.4, -0.2) is 9.97 Å². The largest absolute Gasteiger partial charge is 0.359 e. The van der Waals surface area contributed by atoms with Gasteiger partial charge in [0.25, 0.3) is 0 Å². The molecule has 0 bridgehead atoms. The second-order valence-corrected chi connectivity index (χ2v) is 9.76. The molecule has 1 saturated carbocycles. The van der Waals surface area contributed by atoms with Crippen LogP contribution in [-0.2, 0) is 6.42 Å². The highest BCUT2D eigenvalue weighted by Crippen LogP contribution is 2.36. The fraction of sp³-hybridized carbons (Fsp3) is 0.257. The number of benzene rings is 3. The molecule has 1 fully saturated rings. The van der Waals surface area contributed by atoms with Gasteiger partial charge in [-0.25, -0.2) is 4.98 Å². The molecule has 0 saturated heterocycles. The van der Waals surface area contributed by atoms with Crippen LogP contribution < -0.4 is 15.5 Å².